The molecule has 430 valence electrons. The number of para-hydroxylation sites is 4. The molecule has 0 N–H and O–H groups in total. The molecular formula is C83H58N8. The summed E-state index contributed by atoms with van der Waals surface area (Å²) in [5, 5.41) is 12.7. The second-order valence-corrected chi connectivity index (χ2v) is 23.8. The standard InChI is InChI=1S/C83H58N8/c1-83(2)75-52-64(89(60-29-9-4-10-30-60)80-66-36-20-16-24-56(66)44-48-85-80)39-41-69(75)71-53-73-74(54-76(71)83)77(90(61-31-11-5-12-32-61)81-67-37-21-17-25-57(67)45-49-86-81)70-42-40-63(88(59-27-7-3-8-28-59)79-65-35-19-15-23-55(65)43-47-84-79)51-72(70)78(73)91(62-33-13-6-14-34-62)82-68-38-22-18-26-58(68)46-50-87-82/h3-54H,1-2H3. The van der Waals surface area contributed by atoms with Crippen molar-refractivity contribution in [2.24, 2.45) is 0 Å². The third-order valence-electron chi connectivity index (χ3n) is 18.3. The van der Waals surface area contributed by atoms with Crippen molar-refractivity contribution in [2.75, 3.05) is 19.6 Å². The predicted molar refractivity (Wildman–Crippen MR) is 379 cm³/mol. The molecule has 0 spiro atoms. The zero-order valence-corrected chi connectivity index (χ0v) is 50.1. The van der Waals surface area contributed by atoms with Crippen LogP contribution in [0, 0.1) is 0 Å². The highest BCUT2D eigenvalue weighted by Crippen LogP contribution is 2.58. The molecule has 4 heterocycles. The van der Waals surface area contributed by atoms with Crippen molar-refractivity contribution >= 4 is 133 Å². The summed E-state index contributed by atoms with van der Waals surface area (Å²) in [4.78, 5) is 30.7. The predicted octanol–water partition coefficient (Wildman–Crippen LogP) is 22.4. The SMILES string of the molecule is CC1(C)c2cc(N(c3ccccc3)c3nccc4ccccc34)ccc2-c2cc3c(N(c4ccccc4)c4nccc5ccccc45)c4cc(N(c5ccccc5)c5nccc6ccccc56)ccc4c(N(c4ccccc4)c4nccc5ccccc45)c3cc21. The van der Waals surface area contributed by atoms with Crippen LogP contribution in [-0.4, -0.2) is 19.9 Å². The van der Waals surface area contributed by atoms with Gasteiger partial charge in [-0.05, 0) is 153 Å². The van der Waals surface area contributed by atoms with E-state index in [4.69, 9.17) is 19.9 Å². The van der Waals surface area contributed by atoms with Gasteiger partial charge in [-0.2, -0.15) is 0 Å². The van der Waals surface area contributed by atoms with Crippen LogP contribution in [0.4, 0.5) is 68.8 Å². The van der Waals surface area contributed by atoms with Gasteiger partial charge in [-0.1, -0.05) is 196 Å². The minimum atomic E-state index is -0.493. The number of anilines is 12. The van der Waals surface area contributed by atoms with Gasteiger partial charge in [0.25, 0.3) is 0 Å². The highest BCUT2D eigenvalue weighted by Gasteiger charge is 2.39. The number of hydrogen-bond acceptors (Lipinski definition) is 8. The lowest BCUT2D eigenvalue weighted by molar-refractivity contribution is 0.661. The third-order valence-corrected chi connectivity index (χ3v) is 18.3. The fourth-order valence-corrected chi connectivity index (χ4v) is 14.1. The lowest BCUT2D eigenvalue weighted by Crippen LogP contribution is -2.18. The first-order valence-corrected chi connectivity index (χ1v) is 30.9. The van der Waals surface area contributed by atoms with E-state index in [1.54, 1.807) is 0 Å². The topological polar surface area (TPSA) is 64.5 Å². The van der Waals surface area contributed by atoms with E-state index in [1.807, 2.05) is 24.8 Å². The Morgan fingerprint density at radius 1 is 0.231 bits per heavy atom. The quantitative estimate of drug-likeness (QED) is 0.0886. The first-order chi connectivity index (χ1) is 44.9. The molecule has 0 fully saturated rings. The molecule has 0 amide bonds. The van der Waals surface area contributed by atoms with Crippen molar-refractivity contribution < 1.29 is 0 Å². The second kappa shape index (κ2) is 21.7. The normalized spacial score (nSPS) is 12.4. The molecule has 0 saturated heterocycles. The maximum atomic E-state index is 5.45. The average molecular weight is 1170 g/mol. The average Bonchev–Trinajstić information content (AvgIpc) is 1.88. The monoisotopic (exact) mass is 1170 g/mol. The summed E-state index contributed by atoms with van der Waals surface area (Å²) >= 11 is 0. The van der Waals surface area contributed by atoms with Gasteiger partial charge < -0.3 is 0 Å². The van der Waals surface area contributed by atoms with Gasteiger partial charge in [-0.25, -0.2) is 19.9 Å². The fraction of sp³-hybridized carbons (Fsp3) is 0.0361. The number of rotatable bonds is 12. The lowest BCUT2D eigenvalue weighted by atomic mass is 9.81. The summed E-state index contributed by atoms with van der Waals surface area (Å²) in [5.74, 6) is 3.33. The van der Waals surface area contributed by atoms with Crippen molar-refractivity contribution in [1.82, 2.24) is 19.9 Å². The van der Waals surface area contributed by atoms with Gasteiger partial charge in [-0.3, -0.25) is 19.6 Å². The lowest BCUT2D eigenvalue weighted by Gasteiger charge is -2.34. The molecule has 1 aliphatic rings. The van der Waals surface area contributed by atoms with E-state index >= 15 is 0 Å². The summed E-state index contributed by atoms with van der Waals surface area (Å²) in [6.07, 6.45) is 7.74. The Hall–Kier alpha value is -12.0. The highest BCUT2D eigenvalue weighted by molar-refractivity contribution is 6.26. The molecule has 0 atom stereocenters. The van der Waals surface area contributed by atoms with Crippen LogP contribution in [0.25, 0.3) is 75.8 Å². The molecule has 0 bridgehead atoms. The molecule has 0 unspecified atom stereocenters. The largest absolute Gasteiger partial charge is 0.295 e. The Labute approximate surface area is 527 Å². The molecule has 1 aliphatic carbocycles. The summed E-state index contributed by atoms with van der Waals surface area (Å²) in [6, 6.07) is 104. The van der Waals surface area contributed by atoms with Crippen LogP contribution < -0.4 is 19.6 Å². The fourth-order valence-electron chi connectivity index (χ4n) is 14.1. The zero-order valence-electron chi connectivity index (χ0n) is 50.1. The summed E-state index contributed by atoms with van der Waals surface area (Å²) in [6.45, 7) is 4.78. The molecule has 0 radical (unpaired) electrons. The van der Waals surface area contributed by atoms with E-state index < -0.39 is 5.41 Å². The maximum absolute atomic E-state index is 5.45. The van der Waals surface area contributed by atoms with Crippen LogP contribution in [0.3, 0.4) is 0 Å². The summed E-state index contributed by atoms with van der Waals surface area (Å²) < 4.78 is 0. The van der Waals surface area contributed by atoms with Crippen LogP contribution >= 0.6 is 0 Å². The van der Waals surface area contributed by atoms with Crippen molar-refractivity contribution in [1.29, 1.82) is 0 Å². The minimum absolute atomic E-state index is 0.493. The first-order valence-electron chi connectivity index (χ1n) is 30.9. The van der Waals surface area contributed by atoms with E-state index in [9.17, 15) is 0 Å². The molecule has 8 nitrogen and oxygen atoms in total. The maximum Gasteiger partial charge on any atom is 0.145 e. The van der Waals surface area contributed by atoms with E-state index in [0.717, 1.165) is 139 Å². The number of fused-ring (bicyclic) bond motifs is 9. The van der Waals surface area contributed by atoms with E-state index in [0.29, 0.717) is 0 Å². The molecule has 91 heavy (non-hydrogen) atoms. The van der Waals surface area contributed by atoms with Crippen LogP contribution in [0.2, 0.25) is 0 Å². The smallest absolute Gasteiger partial charge is 0.145 e. The third kappa shape index (κ3) is 8.82. The number of pyridine rings is 4. The molecule has 4 aromatic heterocycles. The van der Waals surface area contributed by atoms with Gasteiger partial charge in [-0.15, -0.1) is 0 Å². The van der Waals surface area contributed by atoms with Gasteiger partial charge in [0.1, 0.15) is 23.3 Å². The zero-order chi connectivity index (χ0) is 60.6. The Kier molecular flexibility index (Phi) is 12.7. The number of benzene rings is 12. The number of aromatic nitrogens is 4. The van der Waals surface area contributed by atoms with Crippen molar-refractivity contribution in [3.05, 3.63) is 327 Å². The van der Waals surface area contributed by atoms with E-state index in [-0.39, 0.29) is 0 Å². The Balaban J connectivity index is 1.03. The van der Waals surface area contributed by atoms with E-state index in [2.05, 4.69) is 325 Å². The van der Waals surface area contributed by atoms with Gasteiger partial charge in [0.05, 0.1) is 11.4 Å². The molecule has 16 aromatic rings. The van der Waals surface area contributed by atoms with Crippen molar-refractivity contribution in [3.63, 3.8) is 0 Å². The van der Waals surface area contributed by atoms with Crippen LogP contribution in [0.5, 0.6) is 0 Å². The van der Waals surface area contributed by atoms with Crippen LogP contribution in [-0.2, 0) is 5.41 Å². The van der Waals surface area contributed by atoms with Crippen molar-refractivity contribution in [3.8, 4) is 11.1 Å². The highest BCUT2D eigenvalue weighted by atomic mass is 15.2. The summed E-state index contributed by atoms with van der Waals surface area (Å²) in [5.41, 5.74) is 12.2. The number of nitrogens with zero attached hydrogens (tertiary/aromatic N) is 8. The molecule has 17 rings (SSSR count). The van der Waals surface area contributed by atoms with E-state index in [1.165, 1.54) is 16.7 Å². The Morgan fingerprint density at radius 3 is 0.978 bits per heavy atom. The van der Waals surface area contributed by atoms with Gasteiger partial charge in [0, 0.05) is 107 Å². The molecule has 8 heteroatoms. The minimum Gasteiger partial charge on any atom is -0.295 e. The Morgan fingerprint density at radius 2 is 0.549 bits per heavy atom. The number of hydrogen-bond donors (Lipinski definition) is 0. The van der Waals surface area contributed by atoms with Crippen LogP contribution in [0.1, 0.15) is 25.0 Å². The van der Waals surface area contributed by atoms with Crippen LogP contribution in [0.15, 0.2) is 316 Å². The molecule has 0 aliphatic heterocycles. The van der Waals surface area contributed by atoms with Gasteiger partial charge in [0.2, 0.25) is 0 Å². The second-order valence-electron chi connectivity index (χ2n) is 23.8. The summed E-state index contributed by atoms with van der Waals surface area (Å²) in [7, 11) is 0. The van der Waals surface area contributed by atoms with Crippen molar-refractivity contribution in [2.45, 2.75) is 19.3 Å². The Bertz CT molecular complexity index is 5470. The van der Waals surface area contributed by atoms with Gasteiger partial charge in [0.15, 0.2) is 0 Å². The molecule has 0 saturated carbocycles. The molecular weight excluding hydrogens is 1110 g/mol. The van der Waals surface area contributed by atoms with Gasteiger partial charge >= 0.3 is 0 Å². The first kappa shape index (κ1) is 53.3. The molecule has 12 aromatic carbocycles.